The third kappa shape index (κ3) is 3.27. The van der Waals surface area contributed by atoms with Crippen LogP contribution in [0.2, 0.25) is 0 Å². The normalized spacial score (nSPS) is 26.4. The molecule has 1 aromatic rings. The molecule has 0 radical (unpaired) electrons. The molecule has 0 unspecified atom stereocenters. The summed E-state index contributed by atoms with van der Waals surface area (Å²) in [5, 5.41) is 0. The van der Waals surface area contributed by atoms with Crippen LogP contribution in [0, 0.1) is 5.92 Å². The highest BCUT2D eigenvalue weighted by atomic mass is 16.5. The molecule has 2 saturated heterocycles. The van der Waals surface area contributed by atoms with Gasteiger partial charge < -0.3 is 14.5 Å². The Hall–Kier alpha value is -1.39. The number of nitrogens with zero attached hydrogens (tertiary/aromatic N) is 2. The molecule has 2 aliphatic rings. The Labute approximate surface area is 126 Å². The molecule has 3 rings (SSSR count). The second kappa shape index (κ2) is 6.58. The van der Waals surface area contributed by atoms with E-state index in [0.29, 0.717) is 25.2 Å². The van der Waals surface area contributed by atoms with E-state index in [0.717, 1.165) is 31.7 Å². The van der Waals surface area contributed by atoms with E-state index in [1.54, 1.807) is 0 Å². The summed E-state index contributed by atoms with van der Waals surface area (Å²) in [6.45, 7) is 7.58. The smallest absolute Gasteiger partial charge is 0.253 e. The minimum absolute atomic E-state index is 0.133. The standard InChI is InChI=1S/C17H24N2O2/c1-2-8-18-11-15-12-19(9-10-21-16(15)13-18)17(20)14-6-4-3-5-7-14/h3-7,15-16H,2,8-13H2,1H3/t15-,16-/m0/s1. The minimum atomic E-state index is 0.133. The van der Waals surface area contributed by atoms with Crippen LogP contribution >= 0.6 is 0 Å². The molecule has 1 aromatic carbocycles. The second-order valence-electron chi connectivity index (χ2n) is 6.05. The first kappa shape index (κ1) is 14.5. The van der Waals surface area contributed by atoms with Crippen LogP contribution in [0.15, 0.2) is 30.3 Å². The van der Waals surface area contributed by atoms with Crippen molar-refractivity contribution in [2.24, 2.45) is 5.92 Å². The van der Waals surface area contributed by atoms with Gasteiger partial charge in [0.2, 0.25) is 0 Å². The molecule has 2 heterocycles. The molecule has 0 spiro atoms. The first-order valence-corrected chi connectivity index (χ1v) is 7.96. The Morgan fingerprint density at radius 2 is 2.05 bits per heavy atom. The van der Waals surface area contributed by atoms with Crippen LogP contribution in [-0.2, 0) is 4.74 Å². The number of fused-ring (bicyclic) bond motifs is 1. The van der Waals surface area contributed by atoms with Crippen LogP contribution in [0.5, 0.6) is 0 Å². The lowest BCUT2D eigenvalue weighted by molar-refractivity contribution is 0.0505. The lowest BCUT2D eigenvalue weighted by Gasteiger charge is -2.23. The molecule has 1 amide bonds. The van der Waals surface area contributed by atoms with Crippen LogP contribution in [-0.4, -0.2) is 61.1 Å². The largest absolute Gasteiger partial charge is 0.375 e. The van der Waals surface area contributed by atoms with E-state index in [1.807, 2.05) is 35.2 Å². The van der Waals surface area contributed by atoms with Gasteiger partial charge in [-0.3, -0.25) is 4.79 Å². The van der Waals surface area contributed by atoms with Crippen molar-refractivity contribution in [2.75, 3.05) is 39.3 Å². The zero-order valence-corrected chi connectivity index (χ0v) is 12.7. The molecule has 0 aliphatic carbocycles. The van der Waals surface area contributed by atoms with Gasteiger partial charge in [-0.05, 0) is 25.1 Å². The SMILES string of the molecule is CCCN1C[C@H]2CN(C(=O)c3ccccc3)CCO[C@H]2C1. The van der Waals surface area contributed by atoms with E-state index < -0.39 is 0 Å². The fourth-order valence-corrected chi connectivity index (χ4v) is 3.43. The van der Waals surface area contributed by atoms with Gasteiger partial charge in [-0.1, -0.05) is 25.1 Å². The Bertz CT molecular complexity index is 477. The Morgan fingerprint density at radius 3 is 2.81 bits per heavy atom. The van der Waals surface area contributed by atoms with Crippen molar-refractivity contribution >= 4 is 5.91 Å². The highest BCUT2D eigenvalue weighted by Crippen LogP contribution is 2.24. The highest BCUT2D eigenvalue weighted by molar-refractivity contribution is 5.94. The summed E-state index contributed by atoms with van der Waals surface area (Å²) < 4.78 is 5.98. The third-order valence-electron chi connectivity index (χ3n) is 4.45. The number of carbonyl (C=O) groups excluding carboxylic acids is 1. The number of hydrogen-bond acceptors (Lipinski definition) is 3. The predicted octanol–water partition coefficient (Wildman–Crippen LogP) is 1.87. The van der Waals surface area contributed by atoms with Crippen molar-refractivity contribution in [3.8, 4) is 0 Å². The molecule has 114 valence electrons. The predicted molar refractivity (Wildman–Crippen MR) is 82.3 cm³/mol. The van der Waals surface area contributed by atoms with Crippen LogP contribution in [0.3, 0.4) is 0 Å². The number of carbonyl (C=O) groups is 1. The fourth-order valence-electron chi connectivity index (χ4n) is 3.43. The summed E-state index contributed by atoms with van der Waals surface area (Å²) in [5.41, 5.74) is 0.777. The first-order valence-electron chi connectivity index (χ1n) is 7.96. The summed E-state index contributed by atoms with van der Waals surface area (Å²) in [4.78, 5) is 17.0. The maximum atomic E-state index is 12.6. The zero-order chi connectivity index (χ0) is 14.7. The molecule has 4 heteroatoms. The van der Waals surface area contributed by atoms with E-state index in [2.05, 4.69) is 11.8 Å². The van der Waals surface area contributed by atoms with E-state index >= 15 is 0 Å². The molecule has 21 heavy (non-hydrogen) atoms. The lowest BCUT2D eigenvalue weighted by Crippen LogP contribution is -2.37. The van der Waals surface area contributed by atoms with E-state index in [-0.39, 0.29) is 5.91 Å². The summed E-state index contributed by atoms with van der Waals surface area (Å²) in [7, 11) is 0. The van der Waals surface area contributed by atoms with Crippen molar-refractivity contribution in [3.05, 3.63) is 35.9 Å². The molecule has 0 N–H and O–H groups in total. The molecule has 2 atom stereocenters. The summed E-state index contributed by atoms with van der Waals surface area (Å²) in [6, 6.07) is 9.57. The highest BCUT2D eigenvalue weighted by Gasteiger charge is 2.37. The number of benzene rings is 1. The molecule has 2 fully saturated rings. The van der Waals surface area contributed by atoms with Gasteiger partial charge >= 0.3 is 0 Å². The number of rotatable bonds is 3. The summed E-state index contributed by atoms with van der Waals surface area (Å²) in [6.07, 6.45) is 1.47. The molecule has 0 aromatic heterocycles. The number of likely N-dealkylation sites (tertiary alicyclic amines) is 1. The molecular formula is C17H24N2O2. The minimum Gasteiger partial charge on any atom is -0.375 e. The molecule has 0 bridgehead atoms. The van der Waals surface area contributed by atoms with Crippen LogP contribution in [0.1, 0.15) is 23.7 Å². The quantitative estimate of drug-likeness (QED) is 0.851. The lowest BCUT2D eigenvalue weighted by atomic mass is 10.1. The zero-order valence-electron chi connectivity index (χ0n) is 12.7. The third-order valence-corrected chi connectivity index (χ3v) is 4.45. The van der Waals surface area contributed by atoms with Crippen molar-refractivity contribution in [2.45, 2.75) is 19.4 Å². The summed E-state index contributed by atoms with van der Waals surface area (Å²) >= 11 is 0. The van der Waals surface area contributed by atoms with Gasteiger partial charge in [0.25, 0.3) is 5.91 Å². The van der Waals surface area contributed by atoms with Crippen molar-refractivity contribution in [1.82, 2.24) is 9.80 Å². The Kier molecular flexibility index (Phi) is 4.56. The van der Waals surface area contributed by atoms with Gasteiger partial charge in [-0.15, -0.1) is 0 Å². The van der Waals surface area contributed by atoms with Crippen molar-refractivity contribution in [3.63, 3.8) is 0 Å². The maximum Gasteiger partial charge on any atom is 0.253 e. The van der Waals surface area contributed by atoms with Crippen molar-refractivity contribution in [1.29, 1.82) is 0 Å². The van der Waals surface area contributed by atoms with Gasteiger partial charge in [0.05, 0.1) is 12.7 Å². The van der Waals surface area contributed by atoms with Crippen LogP contribution in [0.25, 0.3) is 0 Å². The van der Waals surface area contributed by atoms with Gasteiger partial charge in [0.1, 0.15) is 0 Å². The first-order chi connectivity index (χ1) is 10.3. The van der Waals surface area contributed by atoms with Gasteiger partial charge in [-0.2, -0.15) is 0 Å². The number of hydrogen-bond donors (Lipinski definition) is 0. The van der Waals surface area contributed by atoms with E-state index in [4.69, 9.17) is 4.74 Å². The van der Waals surface area contributed by atoms with E-state index in [9.17, 15) is 4.79 Å². The molecule has 4 nitrogen and oxygen atoms in total. The average Bonchev–Trinajstić information content (AvgIpc) is 2.78. The fraction of sp³-hybridized carbons (Fsp3) is 0.588. The number of ether oxygens (including phenoxy) is 1. The monoisotopic (exact) mass is 288 g/mol. The van der Waals surface area contributed by atoms with Crippen LogP contribution < -0.4 is 0 Å². The Balaban J connectivity index is 1.67. The number of amides is 1. The van der Waals surface area contributed by atoms with Crippen LogP contribution in [0.4, 0.5) is 0 Å². The van der Waals surface area contributed by atoms with Crippen molar-refractivity contribution < 1.29 is 9.53 Å². The Morgan fingerprint density at radius 1 is 1.24 bits per heavy atom. The average molecular weight is 288 g/mol. The molecule has 0 saturated carbocycles. The van der Waals surface area contributed by atoms with E-state index in [1.165, 1.54) is 6.42 Å². The second-order valence-corrected chi connectivity index (χ2v) is 6.05. The topological polar surface area (TPSA) is 32.8 Å². The van der Waals surface area contributed by atoms with Gasteiger partial charge in [0.15, 0.2) is 0 Å². The molecule has 2 aliphatic heterocycles. The maximum absolute atomic E-state index is 12.6. The summed E-state index contributed by atoms with van der Waals surface area (Å²) in [5.74, 6) is 0.584. The molecular weight excluding hydrogens is 264 g/mol. The van der Waals surface area contributed by atoms with Gasteiger partial charge in [0, 0.05) is 37.7 Å². The van der Waals surface area contributed by atoms with Gasteiger partial charge in [-0.25, -0.2) is 0 Å².